The fourth-order valence-electron chi connectivity index (χ4n) is 3.34. The van der Waals surface area contributed by atoms with Crippen LogP contribution >= 0.6 is 0 Å². The molecule has 144 valence electrons. The number of hydrogen-bond donors (Lipinski definition) is 1. The molecule has 3 heterocycles. The molecule has 0 unspecified atom stereocenters. The van der Waals surface area contributed by atoms with Crippen LogP contribution < -0.4 is 5.43 Å². The SMILES string of the molecule is N#CB(Cc1cccnc1)C1=CC(c2ccccc2)=NC2=C(C(F)(F)F)CNN12. The number of nitrogens with one attached hydrogen (secondary N) is 1. The number of rotatable bonds is 4. The summed E-state index contributed by atoms with van der Waals surface area (Å²) in [5, 5.41) is 11.1. The van der Waals surface area contributed by atoms with Gasteiger partial charge in [0.05, 0.1) is 11.3 Å². The summed E-state index contributed by atoms with van der Waals surface area (Å²) in [6.07, 6.45) is 0.759. The number of fused-ring (bicyclic) bond motifs is 1. The highest BCUT2D eigenvalue weighted by Crippen LogP contribution is 2.36. The minimum Gasteiger partial charge on any atom is -0.271 e. The van der Waals surface area contributed by atoms with E-state index in [1.165, 1.54) is 5.01 Å². The van der Waals surface area contributed by atoms with Crippen LogP contribution in [0.2, 0.25) is 0 Å². The van der Waals surface area contributed by atoms with E-state index in [4.69, 9.17) is 0 Å². The Morgan fingerprint density at radius 1 is 1.17 bits per heavy atom. The fourth-order valence-corrected chi connectivity index (χ4v) is 3.34. The Hall–Kier alpha value is -3.38. The van der Waals surface area contributed by atoms with Crippen LogP contribution in [0.15, 0.2) is 82.9 Å². The molecule has 4 rings (SSSR count). The van der Waals surface area contributed by atoms with E-state index < -0.39 is 25.0 Å². The number of hydrazine groups is 1. The number of aromatic nitrogens is 1. The van der Waals surface area contributed by atoms with Gasteiger partial charge in [0.15, 0.2) is 5.82 Å². The van der Waals surface area contributed by atoms with Crippen LogP contribution in [0.4, 0.5) is 13.2 Å². The molecule has 0 aliphatic carbocycles. The minimum absolute atomic E-state index is 0.208. The lowest BCUT2D eigenvalue weighted by Gasteiger charge is -2.29. The molecule has 0 fully saturated rings. The summed E-state index contributed by atoms with van der Waals surface area (Å²) in [5.41, 5.74) is 4.31. The molecule has 0 spiro atoms. The van der Waals surface area contributed by atoms with Gasteiger partial charge < -0.3 is 0 Å². The van der Waals surface area contributed by atoms with Crippen molar-refractivity contribution >= 4 is 12.4 Å². The van der Waals surface area contributed by atoms with E-state index in [2.05, 4.69) is 21.4 Å². The Balaban J connectivity index is 1.80. The quantitative estimate of drug-likeness (QED) is 0.811. The highest BCUT2D eigenvalue weighted by atomic mass is 19.4. The van der Waals surface area contributed by atoms with Crippen LogP contribution in [0, 0.1) is 11.2 Å². The summed E-state index contributed by atoms with van der Waals surface area (Å²) < 4.78 is 40.6. The van der Waals surface area contributed by atoms with Gasteiger partial charge in [-0.3, -0.25) is 9.99 Å². The number of halogens is 3. The summed E-state index contributed by atoms with van der Waals surface area (Å²) in [6.45, 7) is -1.07. The number of hydrogen-bond acceptors (Lipinski definition) is 5. The maximum absolute atomic E-state index is 13.5. The molecule has 29 heavy (non-hydrogen) atoms. The first-order chi connectivity index (χ1) is 14.0. The van der Waals surface area contributed by atoms with E-state index >= 15 is 0 Å². The van der Waals surface area contributed by atoms with Crippen LogP contribution in [0.25, 0.3) is 0 Å². The third-order valence-corrected chi connectivity index (χ3v) is 4.75. The van der Waals surface area contributed by atoms with Gasteiger partial charge in [0.1, 0.15) is 0 Å². The Labute approximate surface area is 165 Å². The lowest BCUT2D eigenvalue weighted by atomic mass is 9.44. The van der Waals surface area contributed by atoms with Gasteiger partial charge in [0, 0.05) is 36.1 Å². The molecule has 0 radical (unpaired) electrons. The monoisotopic (exact) mass is 393 g/mol. The molecule has 1 aromatic carbocycles. The maximum Gasteiger partial charge on any atom is 0.417 e. The fraction of sp³-hybridized carbons (Fsp3) is 0.150. The predicted octanol–water partition coefficient (Wildman–Crippen LogP) is 3.24. The summed E-state index contributed by atoms with van der Waals surface area (Å²) in [4.78, 5) is 8.33. The van der Waals surface area contributed by atoms with E-state index in [1.54, 1.807) is 48.8 Å². The maximum atomic E-state index is 13.5. The zero-order valence-corrected chi connectivity index (χ0v) is 15.2. The highest BCUT2D eigenvalue weighted by Gasteiger charge is 2.44. The molecule has 2 aliphatic rings. The topological polar surface area (TPSA) is 64.3 Å². The van der Waals surface area contributed by atoms with E-state index in [1.807, 2.05) is 12.1 Å². The van der Waals surface area contributed by atoms with Crippen LogP contribution in [0.5, 0.6) is 0 Å². The average molecular weight is 393 g/mol. The molecule has 1 aromatic heterocycles. The molecule has 0 bridgehead atoms. The van der Waals surface area contributed by atoms with E-state index in [0.29, 0.717) is 23.2 Å². The highest BCUT2D eigenvalue weighted by molar-refractivity contribution is 6.73. The van der Waals surface area contributed by atoms with Crippen molar-refractivity contribution in [3.05, 3.63) is 89.1 Å². The molecule has 2 aliphatic heterocycles. The Kier molecular flexibility index (Phi) is 4.95. The lowest BCUT2D eigenvalue weighted by molar-refractivity contribution is -0.0925. The second kappa shape index (κ2) is 7.56. The van der Waals surface area contributed by atoms with Crippen molar-refractivity contribution in [1.82, 2.24) is 15.4 Å². The smallest absolute Gasteiger partial charge is 0.271 e. The van der Waals surface area contributed by atoms with Crippen molar-refractivity contribution in [3.63, 3.8) is 0 Å². The van der Waals surface area contributed by atoms with Crippen LogP contribution in [-0.4, -0.2) is 35.1 Å². The van der Waals surface area contributed by atoms with Gasteiger partial charge >= 0.3 is 12.9 Å². The summed E-state index contributed by atoms with van der Waals surface area (Å²) >= 11 is 0. The molecule has 5 nitrogen and oxygen atoms in total. The molecule has 0 saturated heterocycles. The van der Waals surface area contributed by atoms with Crippen LogP contribution in [0.3, 0.4) is 0 Å². The first-order valence-electron chi connectivity index (χ1n) is 8.95. The summed E-state index contributed by atoms with van der Waals surface area (Å²) in [7, 11) is 0. The molecule has 1 N–H and O–H groups in total. The first kappa shape index (κ1) is 19.0. The molecular formula is C20H15BF3N5. The zero-order valence-electron chi connectivity index (χ0n) is 15.2. The van der Waals surface area contributed by atoms with Crippen molar-refractivity contribution in [3.8, 4) is 5.97 Å². The van der Waals surface area contributed by atoms with Gasteiger partial charge in [0.2, 0.25) is 0 Å². The number of aliphatic imine (C=N–C) groups is 1. The van der Waals surface area contributed by atoms with Crippen LogP contribution in [-0.2, 0) is 6.32 Å². The Morgan fingerprint density at radius 3 is 2.62 bits per heavy atom. The van der Waals surface area contributed by atoms with Gasteiger partial charge in [-0.25, -0.2) is 15.7 Å². The largest absolute Gasteiger partial charge is 0.417 e. The molecule has 0 amide bonds. The van der Waals surface area contributed by atoms with Crippen molar-refractivity contribution in [2.75, 3.05) is 6.54 Å². The summed E-state index contributed by atoms with van der Waals surface area (Å²) in [5.74, 6) is 2.01. The number of alkyl halides is 3. The molecule has 9 heteroatoms. The van der Waals surface area contributed by atoms with Gasteiger partial charge in [-0.15, -0.1) is 0 Å². The van der Waals surface area contributed by atoms with Crippen molar-refractivity contribution in [2.45, 2.75) is 12.5 Å². The van der Waals surface area contributed by atoms with Gasteiger partial charge in [-0.05, 0) is 24.0 Å². The third kappa shape index (κ3) is 3.80. The van der Waals surface area contributed by atoms with Gasteiger partial charge in [0.25, 0.3) is 0 Å². The third-order valence-electron chi connectivity index (χ3n) is 4.75. The van der Waals surface area contributed by atoms with Crippen molar-refractivity contribution in [1.29, 1.82) is 5.26 Å². The van der Waals surface area contributed by atoms with E-state index in [-0.39, 0.29) is 5.82 Å². The van der Waals surface area contributed by atoms with Crippen molar-refractivity contribution < 1.29 is 13.2 Å². The first-order valence-corrected chi connectivity index (χ1v) is 8.95. The zero-order chi connectivity index (χ0) is 20.4. The minimum atomic E-state index is -4.52. The standard InChI is InChI=1S/C20H15BF3N5/c22-20(23,24)16-12-27-29-18(21(13-25)10-14-5-4-8-26-11-14)9-17(28-19(16)29)15-6-2-1-3-7-15/h1-9,11,27H,10,12H2. The lowest BCUT2D eigenvalue weighted by Crippen LogP contribution is -2.40. The number of pyridine rings is 1. The van der Waals surface area contributed by atoms with E-state index in [0.717, 1.165) is 5.56 Å². The molecular weight excluding hydrogens is 378 g/mol. The number of nitrogens with zero attached hydrogens (tertiary/aromatic N) is 4. The molecule has 0 saturated carbocycles. The number of nitriles is 1. The van der Waals surface area contributed by atoms with Crippen LogP contribution in [0.1, 0.15) is 11.1 Å². The average Bonchev–Trinajstić information content (AvgIpc) is 3.17. The predicted molar refractivity (Wildman–Crippen MR) is 103 cm³/mol. The normalized spacial score (nSPS) is 16.1. The Morgan fingerprint density at radius 2 is 1.97 bits per heavy atom. The second-order valence-electron chi connectivity index (χ2n) is 6.65. The number of benzene rings is 1. The van der Waals surface area contributed by atoms with Crippen molar-refractivity contribution in [2.24, 2.45) is 4.99 Å². The second-order valence-corrected chi connectivity index (χ2v) is 6.65. The van der Waals surface area contributed by atoms with Gasteiger partial charge in [-0.2, -0.15) is 13.2 Å². The number of allylic oxidation sites excluding steroid dienone is 1. The van der Waals surface area contributed by atoms with Gasteiger partial charge in [-0.1, -0.05) is 36.4 Å². The Bertz CT molecular complexity index is 1040. The summed E-state index contributed by atoms with van der Waals surface area (Å²) in [6, 6.07) is 12.6. The molecule has 0 atom stereocenters. The van der Waals surface area contributed by atoms with E-state index in [9.17, 15) is 18.4 Å². The molecule has 2 aromatic rings.